The van der Waals surface area contributed by atoms with Crippen molar-refractivity contribution in [3.63, 3.8) is 0 Å². The van der Waals surface area contributed by atoms with Gasteiger partial charge in [0.05, 0.1) is 0 Å². The van der Waals surface area contributed by atoms with Gasteiger partial charge in [-0.2, -0.15) is 12.1 Å². The van der Waals surface area contributed by atoms with Gasteiger partial charge in [-0.05, 0) is 4.47 Å². The third-order valence-electron chi connectivity index (χ3n) is 2.73. The van der Waals surface area contributed by atoms with E-state index in [0.717, 1.165) is 0 Å². The Labute approximate surface area is 133 Å². The van der Waals surface area contributed by atoms with Gasteiger partial charge in [-0.15, -0.1) is 39.2 Å². The quantitative estimate of drug-likeness (QED) is 0.397. The van der Waals surface area contributed by atoms with E-state index >= 15 is 0 Å². The fourth-order valence-corrected chi connectivity index (χ4v) is 2.55. The third kappa shape index (κ3) is 4.50. The van der Waals surface area contributed by atoms with Crippen LogP contribution in [0.15, 0.2) is 77.3 Å². The van der Waals surface area contributed by atoms with Gasteiger partial charge in [-0.25, -0.2) is 0 Å². The summed E-state index contributed by atoms with van der Waals surface area (Å²) >= 11 is 3.57. The summed E-state index contributed by atoms with van der Waals surface area (Å²) in [7, 11) is 0. The molecule has 0 aliphatic heterocycles. The summed E-state index contributed by atoms with van der Waals surface area (Å²) in [5.74, 6) is 0. The van der Waals surface area contributed by atoms with Crippen molar-refractivity contribution in [3.8, 4) is 11.1 Å². The fourth-order valence-electron chi connectivity index (χ4n) is 1.86. The molecule has 0 fully saturated rings. The van der Waals surface area contributed by atoms with Crippen LogP contribution in [0.25, 0.3) is 11.1 Å². The molecule has 0 saturated heterocycles. The molecule has 0 amide bonds. The molecule has 0 bridgehead atoms. The van der Waals surface area contributed by atoms with E-state index in [1.54, 1.807) is 0 Å². The molecule has 19 heavy (non-hydrogen) atoms. The van der Waals surface area contributed by atoms with Crippen LogP contribution in [0.4, 0.5) is 0 Å². The first-order valence-corrected chi connectivity index (χ1v) is 6.72. The van der Waals surface area contributed by atoms with Crippen LogP contribution < -0.4 is 0 Å². The number of rotatable bonds is 1. The van der Waals surface area contributed by atoms with Crippen molar-refractivity contribution >= 4 is 15.9 Å². The molecule has 3 aromatic rings. The van der Waals surface area contributed by atoms with Gasteiger partial charge in [-0.3, -0.25) is 0 Å². The summed E-state index contributed by atoms with van der Waals surface area (Å²) in [6, 6.07) is 24.7. The largest absolute Gasteiger partial charge is 0.748 e. The predicted octanol–water partition coefficient (Wildman–Crippen LogP) is 5.55. The first kappa shape index (κ1) is 16.0. The van der Waals surface area contributed by atoms with Crippen molar-refractivity contribution in [2.24, 2.45) is 0 Å². The topological polar surface area (TPSA) is 0 Å². The van der Waals surface area contributed by atoms with E-state index in [-0.39, 0.29) is 17.1 Å². The van der Waals surface area contributed by atoms with Crippen LogP contribution in [-0.2, 0) is 17.1 Å². The molecule has 3 aromatic carbocycles. The Balaban J connectivity index is 0.000000256. The first-order chi connectivity index (χ1) is 8.79. The van der Waals surface area contributed by atoms with Crippen LogP contribution >= 0.6 is 15.9 Å². The maximum Gasteiger partial charge on any atom is 0 e. The Morgan fingerprint density at radius 1 is 0.895 bits per heavy atom. The maximum absolute atomic E-state index is 3.57. The van der Waals surface area contributed by atoms with Gasteiger partial charge < -0.3 is 30.3 Å². The molecular weight excluding hydrogens is 340 g/mol. The van der Waals surface area contributed by atoms with Crippen molar-refractivity contribution in [1.82, 2.24) is 0 Å². The summed E-state index contributed by atoms with van der Waals surface area (Å²) in [6.45, 7) is 2.13. The second-order valence-electron chi connectivity index (χ2n) is 4.07. The molecule has 0 aliphatic rings. The van der Waals surface area contributed by atoms with E-state index in [9.17, 15) is 0 Å². The average Bonchev–Trinajstić information content (AvgIpc) is 3.05. The zero-order valence-corrected chi connectivity index (χ0v) is 13.3. The second-order valence-corrected chi connectivity index (χ2v) is 4.92. The van der Waals surface area contributed by atoms with Crippen LogP contribution in [0.2, 0.25) is 0 Å². The van der Waals surface area contributed by atoms with Gasteiger partial charge in [0.25, 0.3) is 0 Å². The van der Waals surface area contributed by atoms with E-state index in [1.165, 1.54) is 21.2 Å². The molecule has 0 heterocycles. The van der Waals surface area contributed by atoms with Gasteiger partial charge in [0.2, 0.25) is 0 Å². The molecule has 0 spiro atoms. The first-order valence-electron chi connectivity index (χ1n) is 5.93. The van der Waals surface area contributed by atoms with Crippen molar-refractivity contribution in [2.45, 2.75) is 6.92 Å². The zero-order valence-electron chi connectivity index (χ0n) is 10.7. The number of benzene rings is 1. The standard InChI is InChI=1S/C12H10Br.C5H5.Fe/c1-9-5-4-8-11(13)12(9)10-6-2-3-7-10;1-2-4-5-3-1;/h2-8H,1H3;1-5H;/q-1;-5;. The Hall–Kier alpha value is -1.08. The zero-order chi connectivity index (χ0) is 12.8. The SMILES string of the molecule is Cc1cccc(Br)c1-[c-]1cccc1.[Fe].[cH-]1[cH-][cH-][cH-][cH-]1. The Kier molecular flexibility index (Phi) is 6.86. The monoisotopic (exact) mass is 354 g/mol. The van der Waals surface area contributed by atoms with Crippen LogP contribution in [0.5, 0.6) is 0 Å². The van der Waals surface area contributed by atoms with Crippen LogP contribution in [-0.4, -0.2) is 0 Å². The minimum Gasteiger partial charge on any atom is -0.748 e. The van der Waals surface area contributed by atoms with Crippen LogP contribution in [0.1, 0.15) is 5.56 Å². The number of hydrogen-bond acceptors (Lipinski definition) is 0. The minimum atomic E-state index is 0. The van der Waals surface area contributed by atoms with Crippen LogP contribution in [0.3, 0.4) is 0 Å². The van der Waals surface area contributed by atoms with E-state index in [1.807, 2.05) is 30.3 Å². The Bertz CT molecular complexity index is 528. The average molecular weight is 355 g/mol. The number of aryl methyl sites for hydroxylation is 1. The fraction of sp³-hybridized carbons (Fsp3) is 0.0588. The second kappa shape index (κ2) is 8.16. The smallest absolute Gasteiger partial charge is 0 e. The third-order valence-corrected chi connectivity index (χ3v) is 3.39. The van der Waals surface area contributed by atoms with Crippen molar-refractivity contribution in [1.29, 1.82) is 0 Å². The van der Waals surface area contributed by atoms with Crippen molar-refractivity contribution in [2.75, 3.05) is 0 Å². The molecule has 0 radical (unpaired) electrons. The number of halogens is 1. The summed E-state index contributed by atoms with van der Waals surface area (Å²) in [5, 5.41) is 0. The molecule has 0 N–H and O–H groups in total. The van der Waals surface area contributed by atoms with E-state index in [4.69, 9.17) is 0 Å². The molecular formula is C17H15BrFe-6. The Morgan fingerprint density at radius 3 is 1.89 bits per heavy atom. The van der Waals surface area contributed by atoms with E-state index < -0.39 is 0 Å². The van der Waals surface area contributed by atoms with Gasteiger partial charge in [0.15, 0.2) is 0 Å². The van der Waals surface area contributed by atoms with E-state index in [0.29, 0.717) is 0 Å². The van der Waals surface area contributed by atoms with Crippen molar-refractivity contribution in [3.05, 3.63) is 82.8 Å². The molecule has 0 aliphatic carbocycles. The molecule has 104 valence electrons. The molecule has 0 saturated carbocycles. The van der Waals surface area contributed by atoms with Gasteiger partial charge in [0, 0.05) is 17.1 Å². The summed E-state index contributed by atoms with van der Waals surface area (Å²) in [5.41, 5.74) is 3.89. The molecule has 0 atom stereocenters. The molecule has 0 aromatic heterocycles. The summed E-state index contributed by atoms with van der Waals surface area (Å²) < 4.78 is 1.17. The van der Waals surface area contributed by atoms with Gasteiger partial charge in [0.1, 0.15) is 0 Å². The summed E-state index contributed by atoms with van der Waals surface area (Å²) in [6.07, 6.45) is 0. The van der Waals surface area contributed by atoms with Gasteiger partial charge in [-0.1, -0.05) is 30.7 Å². The van der Waals surface area contributed by atoms with Gasteiger partial charge >= 0.3 is 0 Å². The molecule has 2 heteroatoms. The van der Waals surface area contributed by atoms with Crippen LogP contribution in [0, 0.1) is 6.92 Å². The minimum absolute atomic E-state index is 0. The molecule has 3 rings (SSSR count). The van der Waals surface area contributed by atoms with E-state index in [2.05, 4.69) is 65.3 Å². The maximum atomic E-state index is 3.57. The van der Waals surface area contributed by atoms with Crippen molar-refractivity contribution < 1.29 is 17.1 Å². The Morgan fingerprint density at radius 2 is 1.42 bits per heavy atom. The summed E-state index contributed by atoms with van der Waals surface area (Å²) in [4.78, 5) is 0. The normalized spacial score (nSPS) is 9.16. The molecule has 0 unspecified atom stereocenters. The number of hydrogen-bond donors (Lipinski definition) is 0. The predicted molar refractivity (Wildman–Crippen MR) is 81.9 cm³/mol. The molecule has 0 nitrogen and oxygen atoms in total.